The third kappa shape index (κ3) is 2.75. The van der Waals surface area contributed by atoms with Gasteiger partial charge in [-0.2, -0.15) is 0 Å². The van der Waals surface area contributed by atoms with Crippen LogP contribution in [0.5, 0.6) is 0 Å². The third-order valence-electron chi connectivity index (χ3n) is 9.63. The molecule has 1 heteroatoms. The molecule has 3 fully saturated rings. The summed E-state index contributed by atoms with van der Waals surface area (Å²) in [4.78, 5) is 0. The fourth-order valence-electron chi connectivity index (χ4n) is 7.80. The summed E-state index contributed by atoms with van der Waals surface area (Å²) < 4.78 is 6.49. The van der Waals surface area contributed by atoms with Crippen LogP contribution in [0.25, 0.3) is 0 Å². The van der Waals surface area contributed by atoms with E-state index in [1.807, 2.05) is 6.08 Å². The Labute approximate surface area is 157 Å². The minimum atomic E-state index is 0.367. The van der Waals surface area contributed by atoms with Gasteiger partial charge in [0, 0.05) is 0 Å². The van der Waals surface area contributed by atoms with Crippen molar-refractivity contribution in [2.24, 2.45) is 46.3 Å². The molecule has 0 aromatic rings. The lowest BCUT2D eigenvalue weighted by atomic mass is 9.43. The second-order valence-electron chi connectivity index (χ2n) is 10.2. The van der Waals surface area contributed by atoms with Gasteiger partial charge in [0.1, 0.15) is 0 Å². The van der Waals surface area contributed by atoms with Crippen molar-refractivity contribution < 1.29 is 4.74 Å². The van der Waals surface area contributed by atoms with Crippen LogP contribution in [0.2, 0.25) is 0 Å². The Hall–Kier alpha value is -0.300. The summed E-state index contributed by atoms with van der Waals surface area (Å²) in [5.41, 5.74) is 0.862. The molecule has 9 atom stereocenters. The van der Waals surface area contributed by atoms with Crippen molar-refractivity contribution >= 4 is 0 Å². The lowest BCUT2D eigenvalue weighted by Crippen LogP contribution is -2.59. The van der Waals surface area contributed by atoms with Crippen molar-refractivity contribution in [3.8, 4) is 0 Å². The van der Waals surface area contributed by atoms with Gasteiger partial charge in [-0.05, 0) is 72.0 Å². The molecule has 144 valence electrons. The number of hydrogen-bond acceptors (Lipinski definition) is 1. The van der Waals surface area contributed by atoms with E-state index in [1.54, 1.807) is 0 Å². The standard InChI is InChI=1S/C24H42O/c1-8-13-25-21-15-20-22(19-12-11-17(5)24(19,21)7)16(4)14-18(9-2)23(20,6)10-3/h8,16-22H,1,9-15H2,2-7H3/t16-,17+,18?,19+,20+,21+,22?,23+,24-/m1/s1. The van der Waals surface area contributed by atoms with E-state index in [0.29, 0.717) is 23.5 Å². The van der Waals surface area contributed by atoms with E-state index in [0.717, 1.165) is 35.5 Å². The Morgan fingerprint density at radius 2 is 1.80 bits per heavy atom. The highest BCUT2D eigenvalue weighted by molar-refractivity contribution is 5.12. The maximum atomic E-state index is 6.49. The molecule has 3 rings (SSSR count). The monoisotopic (exact) mass is 346 g/mol. The molecule has 0 N–H and O–H groups in total. The fraction of sp³-hybridized carbons (Fsp3) is 0.917. The minimum Gasteiger partial charge on any atom is -0.374 e. The summed E-state index contributed by atoms with van der Waals surface area (Å²) in [6.07, 6.45) is 10.6. The van der Waals surface area contributed by atoms with Crippen molar-refractivity contribution in [3.05, 3.63) is 12.7 Å². The average molecular weight is 347 g/mol. The van der Waals surface area contributed by atoms with Crippen molar-refractivity contribution in [2.45, 2.75) is 86.2 Å². The largest absolute Gasteiger partial charge is 0.374 e. The first-order valence-corrected chi connectivity index (χ1v) is 11.1. The van der Waals surface area contributed by atoms with Crippen LogP contribution in [-0.4, -0.2) is 12.7 Å². The van der Waals surface area contributed by atoms with Gasteiger partial charge in [0.05, 0.1) is 12.7 Å². The predicted octanol–water partition coefficient (Wildman–Crippen LogP) is 6.73. The van der Waals surface area contributed by atoms with E-state index in [1.165, 1.54) is 38.5 Å². The molecule has 0 aromatic carbocycles. The quantitative estimate of drug-likeness (QED) is 0.501. The van der Waals surface area contributed by atoms with Gasteiger partial charge in [-0.15, -0.1) is 6.58 Å². The van der Waals surface area contributed by atoms with Gasteiger partial charge in [0.25, 0.3) is 0 Å². The van der Waals surface area contributed by atoms with Crippen LogP contribution in [0.3, 0.4) is 0 Å². The average Bonchev–Trinajstić information content (AvgIpc) is 2.91. The zero-order valence-electron chi connectivity index (χ0n) is 17.7. The number of ether oxygens (including phenoxy) is 1. The molecule has 1 nitrogen and oxygen atoms in total. The molecule has 0 heterocycles. The Bertz CT molecular complexity index is 484. The highest BCUT2D eigenvalue weighted by atomic mass is 16.5. The lowest BCUT2D eigenvalue weighted by molar-refractivity contribution is -0.185. The molecule has 0 bridgehead atoms. The highest BCUT2D eigenvalue weighted by Crippen LogP contribution is 2.67. The van der Waals surface area contributed by atoms with E-state index in [4.69, 9.17) is 4.74 Å². The van der Waals surface area contributed by atoms with Crippen molar-refractivity contribution in [2.75, 3.05) is 6.61 Å². The topological polar surface area (TPSA) is 9.23 Å². The van der Waals surface area contributed by atoms with Crippen LogP contribution in [0.15, 0.2) is 12.7 Å². The van der Waals surface area contributed by atoms with Gasteiger partial charge in [-0.3, -0.25) is 0 Å². The van der Waals surface area contributed by atoms with Gasteiger partial charge in [-0.25, -0.2) is 0 Å². The third-order valence-corrected chi connectivity index (χ3v) is 9.63. The summed E-state index contributed by atoms with van der Waals surface area (Å²) in [7, 11) is 0. The Morgan fingerprint density at radius 1 is 1.08 bits per heavy atom. The minimum absolute atomic E-state index is 0.367. The van der Waals surface area contributed by atoms with E-state index in [2.05, 4.69) is 48.1 Å². The molecular weight excluding hydrogens is 304 g/mol. The van der Waals surface area contributed by atoms with Crippen molar-refractivity contribution in [1.82, 2.24) is 0 Å². The molecule has 3 aliphatic carbocycles. The molecule has 3 saturated carbocycles. The number of hydrogen-bond donors (Lipinski definition) is 0. The molecule has 0 spiro atoms. The zero-order chi connectivity index (χ0) is 18.4. The normalized spacial score (nSPS) is 52.5. The van der Waals surface area contributed by atoms with E-state index in [9.17, 15) is 0 Å². The molecule has 25 heavy (non-hydrogen) atoms. The van der Waals surface area contributed by atoms with Gasteiger partial charge < -0.3 is 4.74 Å². The van der Waals surface area contributed by atoms with Crippen molar-refractivity contribution in [3.63, 3.8) is 0 Å². The summed E-state index contributed by atoms with van der Waals surface area (Å²) >= 11 is 0. The molecule has 0 amide bonds. The summed E-state index contributed by atoms with van der Waals surface area (Å²) in [6.45, 7) is 19.7. The van der Waals surface area contributed by atoms with Crippen LogP contribution in [0, 0.1) is 46.3 Å². The van der Waals surface area contributed by atoms with Crippen LogP contribution >= 0.6 is 0 Å². The number of fused-ring (bicyclic) bond motifs is 3. The lowest BCUT2D eigenvalue weighted by Gasteiger charge is -2.63. The first kappa shape index (κ1) is 19.5. The van der Waals surface area contributed by atoms with Gasteiger partial charge in [0.2, 0.25) is 0 Å². The second kappa shape index (κ2) is 7.02. The highest BCUT2D eigenvalue weighted by Gasteiger charge is 2.63. The molecule has 0 radical (unpaired) electrons. The Morgan fingerprint density at radius 3 is 2.40 bits per heavy atom. The van der Waals surface area contributed by atoms with E-state index >= 15 is 0 Å². The van der Waals surface area contributed by atoms with Gasteiger partial charge in [-0.1, -0.05) is 60.5 Å². The van der Waals surface area contributed by atoms with E-state index in [-0.39, 0.29) is 0 Å². The molecule has 0 aliphatic heterocycles. The first-order valence-electron chi connectivity index (χ1n) is 11.1. The van der Waals surface area contributed by atoms with Gasteiger partial charge >= 0.3 is 0 Å². The Balaban J connectivity index is 2.01. The second-order valence-corrected chi connectivity index (χ2v) is 10.2. The SMILES string of the molecule is C=CCO[C@H]1C[C@H]2C([C@H](C)CC(CC)[C@]2(C)CC)[C@@H]2CC[C@H](C)[C@@]12C. The maximum absolute atomic E-state index is 6.49. The van der Waals surface area contributed by atoms with Gasteiger partial charge in [0.15, 0.2) is 0 Å². The summed E-state index contributed by atoms with van der Waals surface area (Å²) in [5.74, 6) is 5.16. The van der Waals surface area contributed by atoms with E-state index < -0.39 is 0 Å². The smallest absolute Gasteiger partial charge is 0.0648 e. The molecule has 0 saturated heterocycles. The maximum Gasteiger partial charge on any atom is 0.0648 e. The Kier molecular flexibility index (Phi) is 5.47. The first-order chi connectivity index (χ1) is 11.8. The number of rotatable bonds is 5. The van der Waals surface area contributed by atoms with Crippen molar-refractivity contribution in [1.29, 1.82) is 0 Å². The summed E-state index contributed by atoms with van der Waals surface area (Å²) in [5, 5.41) is 0. The molecule has 3 aliphatic rings. The zero-order valence-corrected chi connectivity index (χ0v) is 17.7. The predicted molar refractivity (Wildman–Crippen MR) is 107 cm³/mol. The van der Waals surface area contributed by atoms with Crippen LogP contribution in [-0.2, 0) is 4.74 Å². The van der Waals surface area contributed by atoms with Crippen LogP contribution in [0.4, 0.5) is 0 Å². The summed E-state index contributed by atoms with van der Waals surface area (Å²) in [6, 6.07) is 0. The molecular formula is C24H42O. The fourth-order valence-corrected chi connectivity index (χ4v) is 7.80. The van der Waals surface area contributed by atoms with Crippen LogP contribution < -0.4 is 0 Å². The molecule has 2 unspecified atom stereocenters. The molecule has 0 aromatic heterocycles. The van der Waals surface area contributed by atoms with Crippen LogP contribution in [0.1, 0.15) is 80.1 Å².